The Kier molecular flexibility index (Phi) is 41.6. The molecular formula is C50H93NO7P+. The van der Waals surface area contributed by atoms with Crippen molar-refractivity contribution in [3.8, 4) is 0 Å². The van der Waals surface area contributed by atoms with Crippen LogP contribution >= 0.6 is 7.82 Å². The van der Waals surface area contributed by atoms with E-state index in [-0.39, 0.29) is 25.8 Å². The quantitative estimate of drug-likeness (QED) is 0.0215. The molecule has 0 fully saturated rings. The molecule has 9 heteroatoms. The molecule has 0 aliphatic heterocycles. The van der Waals surface area contributed by atoms with Crippen molar-refractivity contribution in [3.63, 3.8) is 0 Å². The zero-order valence-electron chi connectivity index (χ0n) is 39.0. The summed E-state index contributed by atoms with van der Waals surface area (Å²) in [6.45, 7) is 5.51. The molecule has 0 saturated carbocycles. The number of nitrogens with zero attached hydrogens (tertiary/aromatic N) is 1. The maximum absolute atomic E-state index is 12.7. The summed E-state index contributed by atoms with van der Waals surface area (Å²) in [5.41, 5.74) is 0. The second-order valence-corrected chi connectivity index (χ2v) is 18.6. The maximum Gasteiger partial charge on any atom is 0.472 e. The van der Waals surface area contributed by atoms with Crippen LogP contribution in [-0.2, 0) is 27.9 Å². The molecule has 1 N–H and O–H groups in total. The number of hydrogen-bond acceptors (Lipinski definition) is 6. The van der Waals surface area contributed by atoms with Crippen LogP contribution in [0.2, 0.25) is 0 Å². The first-order valence-electron chi connectivity index (χ1n) is 24.0. The van der Waals surface area contributed by atoms with E-state index in [1.807, 2.05) is 21.1 Å². The average Bonchev–Trinajstić information content (AvgIpc) is 3.19. The molecule has 0 aliphatic carbocycles. The number of likely N-dealkylation sites (N-methyl/N-ethyl adjacent to an activating group) is 1. The van der Waals surface area contributed by atoms with Crippen molar-refractivity contribution in [2.75, 3.05) is 54.1 Å². The molecule has 0 aromatic carbocycles. The lowest BCUT2D eigenvalue weighted by Gasteiger charge is -2.24. The third-order valence-corrected chi connectivity index (χ3v) is 11.1. The molecule has 0 amide bonds. The number of carbonyl (C=O) groups excluding carboxylic acids is 1. The van der Waals surface area contributed by atoms with Crippen LogP contribution < -0.4 is 0 Å². The monoisotopic (exact) mass is 851 g/mol. The van der Waals surface area contributed by atoms with Gasteiger partial charge in [-0.1, -0.05) is 190 Å². The van der Waals surface area contributed by atoms with Gasteiger partial charge in [-0.15, -0.1) is 0 Å². The van der Waals surface area contributed by atoms with Gasteiger partial charge in [-0.25, -0.2) is 4.57 Å². The van der Waals surface area contributed by atoms with E-state index in [0.29, 0.717) is 24.1 Å². The smallest absolute Gasteiger partial charge is 0.457 e. The highest BCUT2D eigenvalue weighted by atomic mass is 31.2. The van der Waals surface area contributed by atoms with Crippen molar-refractivity contribution in [1.82, 2.24) is 0 Å². The van der Waals surface area contributed by atoms with Gasteiger partial charge >= 0.3 is 13.8 Å². The Morgan fingerprint density at radius 2 is 0.983 bits per heavy atom. The summed E-state index contributed by atoms with van der Waals surface area (Å²) < 4.78 is 35.0. The number of ether oxygens (including phenoxy) is 2. The van der Waals surface area contributed by atoms with Crippen LogP contribution in [0.25, 0.3) is 0 Å². The largest absolute Gasteiger partial charge is 0.472 e. The fraction of sp³-hybridized carbons (Fsp3) is 0.780. The molecule has 0 aromatic rings. The van der Waals surface area contributed by atoms with Crippen molar-refractivity contribution in [3.05, 3.63) is 60.8 Å². The zero-order chi connectivity index (χ0) is 43.4. The molecule has 0 bridgehead atoms. The van der Waals surface area contributed by atoms with E-state index in [2.05, 4.69) is 74.6 Å². The van der Waals surface area contributed by atoms with E-state index < -0.39 is 13.9 Å². The van der Waals surface area contributed by atoms with Crippen molar-refractivity contribution in [2.45, 2.75) is 200 Å². The van der Waals surface area contributed by atoms with Gasteiger partial charge in [0.25, 0.3) is 0 Å². The number of carbonyl (C=O) groups is 1. The molecular weight excluding hydrogens is 758 g/mol. The zero-order valence-corrected chi connectivity index (χ0v) is 39.9. The van der Waals surface area contributed by atoms with Crippen LogP contribution in [0.1, 0.15) is 194 Å². The molecule has 0 aromatic heterocycles. The first-order chi connectivity index (χ1) is 28.6. The molecule has 0 saturated heterocycles. The number of phosphoric acid groups is 1. The Hall–Kier alpha value is -1.80. The highest BCUT2D eigenvalue weighted by molar-refractivity contribution is 7.47. The van der Waals surface area contributed by atoms with Gasteiger partial charge in [0.1, 0.15) is 19.3 Å². The third-order valence-electron chi connectivity index (χ3n) is 10.1. The summed E-state index contributed by atoms with van der Waals surface area (Å²) in [5, 5.41) is 0. The summed E-state index contributed by atoms with van der Waals surface area (Å²) >= 11 is 0. The lowest BCUT2D eigenvalue weighted by Crippen LogP contribution is -2.37. The first-order valence-corrected chi connectivity index (χ1v) is 25.5. The van der Waals surface area contributed by atoms with Crippen molar-refractivity contribution >= 4 is 13.8 Å². The van der Waals surface area contributed by atoms with Gasteiger partial charge in [0.2, 0.25) is 0 Å². The van der Waals surface area contributed by atoms with Gasteiger partial charge in [-0.2, -0.15) is 0 Å². The Morgan fingerprint density at radius 3 is 1.47 bits per heavy atom. The van der Waals surface area contributed by atoms with E-state index in [1.165, 1.54) is 103 Å². The normalized spacial score (nSPS) is 14.2. The van der Waals surface area contributed by atoms with Gasteiger partial charge in [0.05, 0.1) is 34.4 Å². The van der Waals surface area contributed by atoms with Crippen molar-refractivity contribution in [1.29, 1.82) is 0 Å². The SMILES string of the molecule is CC/C=C\C/C=C\C/C=C\C/C=C\C/C=C\CCCCCCCCCCCC(=O)OC(COCCCCCCCCCCCCCC)COP(=O)(O)OCC[N+](C)(C)C. The lowest BCUT2D eigenvalue weighted by molar-refractivity contribution is -0.870. The topological polar surface area (TPSA) is 91.3 Å². The number of allylic oxidation sites excluding steroid dienone is 10. The van der Waals surface area contributed by atoms with Crippen LogP contribution in [0, 0.1) is 0 Å². The summed E-state index contributed by atoms with van der Waals surface area (Å²) in [6.07, 6.45) is 54.0. The highest BCUT2D eigenvalue weighted by Crippen LogP contribution is 2.43. The lowest BCUT2D eigenvalue weighted by atomic mass is 10.1. The van der Waals surface area contributed by atoms with Gasteiger partial charge < -0.3 is 18.9 Å². The average molecular weight is 851 g/mol. The molecule has 8 nitrogen and oxygen atoms in total. The van der Waals surface area contributed by atoms with Crippen LogP contribution in [0.3, 0.4) is 0 Å². The van der Waals surface area contributed by atoms with Crippen LogP contribution in [0.15, 0.2) is 60.8 Å². The van der Waals surface area contributed by atoms with Crippen LogP contribution in [-0.4, -0.2) is 75.6 Å². The van der Waals surface area contributed by atoms with E-state index in [0.717, 1.165) is 70.6 Å². The minimum absolute atomic E-state index is 0.0863. The summed E-state index contributed by atoms with van der Waals surface area (Å²) in [7, 11) is 1.66. The maximum atomic E-state index is 12.7. The van der Waals surface area contributed by atoms with E-state index >= 15 is 0 Å². The highest BCUT2D eigenvalue weighted by Gasteiger charge is 2.26. The van der Waals surface area contributed by atoms with Gasteiger partial charge in [-0.05, 0) is 57.8 Å². The molecule has 0 spiro atoms. The fourth-order valence-corrected chi connectivity index (χ4v) is 7.14. The fourth-order valence-electron chi connectivity index (χ4n) is 6.40. The summed E-state index contributed by atoms with van der Waals surface area (Å²) in [6, 6.07) is 0. The summed E-state index contributed by atoms with van der Waals surface area (Å²) in [5.74, 6) is -0.321. The molecule has 0 heterocycles. The Morgan fingerprint density at radius 1 is 0.542 bits per heavy atom. The second-order valence-electron chi connectivity index (χ2n) is 17.1. The molecule has 2 atom stereocenters. The summed E-state index contributed by atoms with van der Waals surface area (Å²) in [4.78, 5) is 22.9. The number of phosphoric ester groups is 1. The molecule has 0 radical (unpaired) electrons. The van der Waals surface area contributed by atoms with Crippen molar-refractivity contribution in [2.24, 2.45) is 0 Å². The third kappa shape index (κ3) is 47.1. The van der Waals surface area contributed by atoms with Crippen LogP contribution in [0.5, 0.6) is 0 Å². The predicted octanol–water partition coefficient (Wildman–Crippen LogP) is 14.5. The minimum atomic E-state index is -4.28. The molecule has 0 rings (SSSR count). The second kappa shape index (κ2) is 42.9. The number of rotatable bonds is 44. The van der Waals surface area contributed by atoms with Crippen molar-refractivity contribution < 1.29 is 37.3 Å². The molecule has 344 valence electrons. The molecule has 0 aliphatic rings. The Bertz CT molecular complexity index is 1130. The standard InChI is InChI=1S/C50H92NO7P/c1-6-8-10-12-14-16-18-20-21-22-23-24-25-26-27-28-29-30-31-32-33-35-37-39-41-43-50(52)58-49(48-57-59(53,54)56-46-44-51(3,4)5)47-55-45-42-40-38-36-34-19-17-15-13-11-9-7-2/h8,10,14,16,20-21,23-24,26-27,49H,6-7,9,11-13,15,17-19,22,25,28-48H2,1-5H3/p+1/b10-8-,16-14-,21-20-,24-23-,27-26-. The predicted molar refractivity (Wildman–Crippen MR) is 252 cm³/mol. The minimum Gasteiger partial charge on any atom is -0.457 e. The molecule has 59 heavy (non-hydrogen) atoms. The van der Waals surface area contributed by atoms with Gasteiger partial charge in [0, 0.05) is 13.0 Å². The van der Waals surface area contributed by atoms with E-state index in [4.69, 9.17) is 18.5 Å². The number of esters is 1. The number of quaternary nitrogens is 1. The Labute approximate surface area is 364 Å². The van der Waals surface area contributed by atoms with E-state index in [9.17, 15) is 14.3 Å². The number of hydrogen-bond donors (Lipinski definition) is 1. The molecule has 2 unspecified atom stereocenters. The van der Waals surface area contributed by atoms with Gasteiger partial charge in [-0.3, -0.25) is 13.8 Å². The van der Waals surface area contributed by atoms with E-state index in [1.54, 1.807) is 0 Å². The number of unbranched alkanes of at least 4 members (excludes halogenated alkanes) is 20. The Balaban J connectivity index is 4.13. The van der Waals surface area contributed by atoms with Gasteiger partial charge in [0.15, 0.2) is 0 Å². The van der Waals surface area contributed by atoms with Crippen LogP contribution in [0.4, 0.5) is 0 Å². The first kappa shape index (κ1) is 57.2.